The van der Waals surface area contributed by atoms with Crippen molar-refractivity contribution in [2.75, 3.05) is 7.05 Å². The first kappa shape index (κ1) is 14.3. The number of likely N-dealkylation sites (N-methyl/N-ethyl adjacent to an activating group) is 1. The van der Waals surface area contributed by atoms with Gasteiger partial charge in [-0.3, -0.25) is 4.68 Å². The smallest absolute Gasteiger partial charge is 0.0596 e. The van der Waals surface area contributed by atoms with Crippen LogP contribution in [0.5, 0.6) is 0 Å². The van der Waals surface area contributed by atoms with E-state index in [1.807, 2.05) is 20.0 Å². The highest BCUT2D eigenvalue weighted by Gasteiger charge is 2.15. The first-order valence-corrected chi connectivity index (χ1v) is 7.40. The van der Waals surface area contributed by atoms with Crippen LogP contribution in [-0.2, 0) is 13.0 Å². The van der Waals surface area contributed by atoms with E-state index in [2.05, 4.69) is 62.2 Å². The highest BCUT2D eigenvalue weighted by molar-refractivity contribution is 9.10. The number of nitrogens with zero attached hydrogens (tertiary/aromatic N) is 2. The van der Waals surface area contributed by atoms with E-state index in [4.69, 9.17) is 0 Å². The van der Waals surface area contributed by atoms with Gasteiger partial charge in [-0.1, -0.05) is 34.1 Å². The molecule has 1 N–H and O–H groups in total. The van der Waals surface area contributed by atoms with Crippen LogP contribution in [0.1, 0.15) is 29.9 Å². The van der Waals surface area contributed by atoms with Gasteiger partial charge in [0.15, 0.2) is 0 Å². The van der Waals surface area contributed by atoms with Crippen molar-refractivity contribution in [2.24, 2.45) is 0 Å². The number of nitrogens with one attached hydrogen (secondary N) is 1. The molecule has 2 rings (SSSR count). The zero-order valence-electron chi connectivity index (χ0n) is 11.7. The molecule has 3 nitrogen and oxygen atoms in total. The Morgan fingerprint density at radius 3 is 2.74 bits per heavy atom. The van der Waals surface area contributed by atoms with E-state index < -0.39 is 0 Å². The largest absolute Gasteiger partial charge is 0.313 e. The molecule has 19 heavy (non-hydrogen) atoms. The number of hydrogen-bond donors (Lipinski definition) is 1. The van der Waals surface area contributed by atoms with Crippen molar-refractivity contribution in [3.8, 4) is 0 Å². The fraction of sp³-hybridized carbons (Fsp3) is 0.400. The Morgan fingerprint density at radius 1 is 1.37 bits per heavy atom. The van der Waals surface area contributed by atoms with E-state index in [-0.39, 0.29) is 6.04 Å². The predicted octanol–water partition coefficient (Wildman–Crippen LogP) is 3.48. The molecule has 0 saturated carbocycles. The fourth-order valence-corrected chi connectivity index (χ4v) is 2.93. The van der Waals surface area contributed by atoms with Crippen LogP contribution in [0.2, 0.25) is 0 Å². The summed E-state index contributed by atoms with van der Waals surface area (Å²) in [5, 5.41) is 7.91. The summed E-state index contributed by atoms with van der Waals surface area (Å²) in [6.45, 7) is 5.08. The van der Waals surface area contributed by atoms with E-state index >= 15 is 0 Å². The summed E-state index contributed by atoms with van der Waals surface area (Å²) < 4.78 is 3.23. The maximum absolute atomic E-state index is 4.51. The lowest BCUT2D eigenvalue weighted by Crippen LogP contribution is -2.21. The standard InChI is InChI=1S/C15H20BrN3/c1-4-19-12(9-11(2)18-19)10-15(17-3)13-7-5-6-8-14(13)16/h5-9,15,17H,4,10H2,1-3H3. The summed E-state index contributed by atoms with van der Waals surface area (Å²) in [6, 6.07) is 10.8. The van der Waals surface area contributed by atoms with Crippen LogP contribution < -0.4 is 5.32 Å². The minimum atomic E-state index is 0.289. The topological polar surface area (TPSA) is 29.9 Å². The highest BCUT2D eigenvalue weighted by Crippen LogP contribution is 2.26. The Bertz CT molecular complexity index is 548. The minimum absolute atomic E-state index is 0.289. The molecule has 1 aromatic heterocycles. The molecule has 0 amide bonds. The minimum Gasteiger partial charge on any atom is -0.313 e. The van der Waals surface area contributed by atoms with Crippen LogP contribution in [0.4, 0.5) is 0 Å². The average Bonchev–Trinajstić information content (AvgIpc) is 2.77. The number of rotatable bonds is 5. The first-order valence-electron chi connectivity index (χ1n) is 6.60. The first-order chi connectivity index (χ1) is 9.15. The third-order valence-corrected chi connectivity index (χ3v) is 4.05. The Morgan fingerprint density at radius 2 is 2.11 bits per heavy atom. The van der Waals surface area contributed by atoms with Gasteiger partial charge < -0.3 is 5.32 Å². The number of benzene rings is 1. The van der Waals surface area contributed by atoms with Gasteiger partial charge in [0, 0.05) is 29.2 Å². The van der Waals surface area contributed by atoms with Crippen LogP contribution in [0.15, 0.2) is 34.8 Å². The van der Waals surface area contributed by atoms with Crippen molar-refractivity contribution < 1.29 is 0 Å². The second kappa shape index (κ2) is 6.35. The van der Waals surface area contributed by atoms with Gasteiger partial charge in [0.2, 0.25) is 0 Å². The molecule has 0 bridgehead atoms. The third-order valence-electron chi connectivity index (χ3n) is 3.33. The number of aryl methyl sites for hydroxylation is 2. The molecule has 102 valence electrons. The third kappa shape index (κ3) is 3.25. The Hall–Kier alpha value is -1.13. The fourth-order valence-electron chi connectivity index (χ4n) is 2.37. The second-order valence-corrected chi connectivity index (χ2v) is 5.51. The van der Waals surface area contributed by atoms with Gasteiger partial charge in [0.1, 0.15) is 0 Å². The molecule has 0 saturated heterocycles. The van der Waals surface area contributed by atoms with Crippen molar-refractivity contribution >= 4 is 15.9 Å². The number of hydrogen-bond acceptors (Lipinski definition) is 2. The summed E-state index contributed by atoms with van der Waals surface area (Å²) in [5.74, 6) is 0. The van der Waals surface area contributed by atoms with Crippen molar-refractivity contribution in [3.05, 3.63) is 51.8 Å². The molecular weight excluding hydrogens is 302 g/mol. The lowest BCUT2D eigenvalue weighted by Gasteiger charge is -2.18. The summed E-state index contributed by atoms with van der Waals surface area (Å²) in [5.41, 5.74) is 3.64. The lowest BCUT2D eigenvalue weighted by molar-refractivity contribution is 0.539. The molecule has 1 heterocycles. The molecule has 2 aromatic rings. The summed E-state index contributed by atoms with van der Waals surface area (Å²) >= 11 is 3.63. The Balaban J connectivity index is 2.26. The molecule has 0 radical (unpaired) electrons. The van der Waals surface area contributed by atoms with Crippen LogP contribution in [-0.4, -0.2) is 16.8 Å². The molecule has 1 aromatic carbocycles. The van der Waals surface area contributed by atoms with E-state index in [0.717, 1.165) is 23.1 Å². The average molecular weight is 322 g/mol. The van der Waals surface area contributed by atoms with Gasteiger partial charge in [-0.25, -0.2) is 0 Å². The SMILES string of the molecule is CCn1nc(C)cc1CC(NC)c1ccccc1Br. The molecule has 0 aliphatic carbocycles. The Kier molecular flexibility index (Phi) is 4.77. The molecule has 4 heteroatoms. The van der Waals surface area contributed by atoms with Crippen LogP contribution in [0.25, 0.3) is 0 Å². The Labute approximate surface area is 123 Å². The van der Waals surface area contributed by atoms with Gasteiger partial charge in [-0.15, -0.1) is 0 Å². The summed E-state index contributed by atoms with van der Waals surface area (Å²) in [4.78, 5) is 0. The normalized spacial score (nSPS) is 12.6. The molecule has 0 spiro atoms. The van der Waals surface area contributed by atoms with Crippen molar-refractivity contribution in [1.29, 1.82) is 0 Å². The number of aromatic nitrogens is 2. The van der Waals surface area contributed by atoms with Gasteiger partial charge >= 0.3 is 0 Å². The van der Waals surface area contributed by atoms with Crippen LogP contribution in [0, 0.1) is 6.92 Å². The van der Waals surface area contributed by atoms with E-state index in [0.29, 0.717) is 0 Å². The van der Waals surface area contributed by atoms with Gasteiger partial charge in [-0.2, -0.15) is 5.10 Å². The lowest BCUT2D eigenvalue weighted by atomic mass is 10.0. The van der Waals surface area contributed by atoms with Crippen molar-refractivity contribution in [3.63, 3.8) is 0 Å². The summed E-state index contributed by atoms with van der Waals surface area (Å²) in [7, 11) is 2.00. The summed E-state index contributed by atoms with van der Waals surface area (Å²) in [6.07, 6.45) is 0.938. The maximum Gasteiger partial charge on any atom is 0.0596 e. The quantitative estimate of drug-likeness (QED) is 0.913. The molecule has 1 unspecified atom stereocenters. The van der Waals surface area contributed by atoms with Crippen molar-refractivity contribution in [1.82, 2.24) is 15.1 Å². The van der Waals surface area contributed by atoms with Crippen LogP contribution in [0.3, 0.4) is 0 Å². The molecule has 0 aliphatic heterocycles. The molecule has 0 fully saturated rings. The zero-order chi connectivity index (χ0) is 13.8. The van der Waals surface area contributed by atoms with Gasteiger partial charge in [-0.05, 0) is 38.6 Å². The highest BCUT2D eigenvalue weighted by atomic mass is 79.9. The monoisotopic (exact) mass is 321 g/mol. The zero-order valence-corrected chi connectivity index (χ0v) is 13.2. The van der Waals surface area contributed by atoms with Crippen LogP contribution >= 0.6 is 15.9 Å². The van der Waals surface area contributed by atoms with E-state index in [1.165, 1.54) is 11.3 Å². The number of halogens is 1. The molecule has 1 atom stereocenters. The maximum atomic E-state index is 4.51. The van der Waals surface area contributed by atoms with Gasteiger partial charge in [0.05, 0.1) is 5.69 Å². The molecule has 0 aliphatic rings. The predicted molar refractivity (Wildman–Crippen MR) is 82.3 cm³/mol. The van der Waals surface area contributed by atoms with Crippen molar-refractivity contribution in [2.45, 2.75) is 32.9 Å². The molecular formula is C15H20BrN3. The van der Waals surface area contributed by atoms with Gasteiger partial charge in [0.25, 0.3) is 0 Å². The second-order valence-electron chi connectivity index (χ2n) is 4.66. The van der Waals surface area contributed by atoms with E-state index in [9.17, 15) is 0 Å². The van der Waals surface area contributed by atoms with E-state index in [1.54, 1.807) is 0 Å².